The molecule has 4 fully saturated rings. The molecule has 4 aliphatic rings. The number of aliphatic hydroxyl groups excluding tert-OH is 2. The second kappa shape index (κ2) is 21.0. The van der Waals surface area contributed by atoms with Crippen LogP contribution in [0.15, 0.2) is 91.0 Å². The van der Waals surface area contributed by atoms with Gasteiger partial charge in [-0.25, -0.2) is 0 Å². The van der Waals surface area contributed by atoms with Crippen LogP contribution in [0.1, 0.15) is 57.2 Å². The highest BCUT2D eigenvalue weighted by Gasteiger charge is 2.60. The number of rotatable bonds is 17. The quantitative estimate of drug-likeness (QED) is 0.183. The molecule has 3 aromatic carbocycles. The normalized spacial score (nSPS) is 27.4. The van der Waals surface area contributed by atoms with Crippen molar-refractivity contribution in [2.75, 3.05) is 33.5 Å². The summed E-state index contributed by atoms with van der Waals surface area (Å²) in [6, 6.07) is 30.3. The van der Waals surface area contributed by atoms with Crippen LogP contribution >= 0.6 is 0 Å². The first kappa shape index (κ1) is 42.5. The molecule has 10 atom stereocenters. The third-order valence-electron chi connectivity index (χ3n) is 11.2. The van der Waals surface area contributed by atoms with Gasteiger partial charge >= 0.3 is 0 Å². The molecule has 4 saturated heterocycles. The van der Waals surface area contributed by atoms with Gasteiger partial charge < -0.3 is 43.7 Å². The maximum absolute atomic E-state index is 13.0. The number of amides is 2. The highest BCUT2D eigenvalue weighted by Crippen LogP contribution is 2.44. The zero-order chi connectivity index (χ0) is 39.3. The Morgan fingerprint density at radius 3 is 1.40 bits per heavy atom. The summed E-state index contributed by atoms with van der Waals surface area (Å²) in [6.45, 7) is 11.1. The molecule has 300 valence electrons. The smallest absolute Gasteiger partial charge is 0.231 e. The standard InChI is InChI=1S/C25H31NO4.C18H25NO4.CH4O/c1-3-29-18(2)24-21-14-23(30-16-20-12-8-5-9-13-20)22(26(21)25(24)27)17-28-15-19-10-6-4-7-11-19;1-3-22-12(2)17-14-9-16(15(10-20)19(14)18(17)21)23-11-13-7-5-4-6-8-13;1-2/h4-13,18,21-24H,3,14-17H2,1-2H3;4-8,12,14-17,20H,3,9-11H2,1-2H3;2H,1H3/t18?,21-,22+,23+,24+;12?,14-,15+,16+,17+;/m11./s1. The lowest BCUT2D eigenvalue weighted by atomic mass is 9.84. The SMILES string of the molecule is CCOC(C)[C@@H]1C(=O)N2[C@@H]1C[C@H](OCc1ccccc1)[C@@H]2CO.CCOC(C)[C@@H]1C(=O)N2[C@@H]1C[C@H](OCc1ccccc1)[C@@H]2COCc1ccccc1.CO. The van der Waals surface area contributed by atoms with Gasteiger partial charge in [0.1, 0.15) is 0 Å². The van der Waals surface area contributed by atoms with Gasteiger partial charge in [0.2, 0.25) is 11.8 Å². The number of ether oxygens (including phenoxy) is 5. The molecule has 0 spiro atoms. The molecule has 2 N–H and O–H groups in total. The number of nitrogens with zero attached hydrogens (tertiary/aromatic N) is 2. The van der Waals surface area contributed by atoms with E-state index >= 15 is 0 Å². The number of fused-ring (bicyclic) bond motifs is 2. The average Bonchev–Trinajstić information content (AvgIpc) is 3.70. The van der Waals surface area contributed by atoms with Crippen molar-refractivity contribution < 1.29 is 43.5 Å². The summed E-state index contributed by atoms with van der Waals surface area (Å²) in [5.41, 5.74) is 3.37. The fraction of sp³-hybridized carbons (Fsp3) is 0.545. The fourth-order valence-electron chi connectivity index (χ4n) is 8.61. The molecule has 4 heterocycles. The monoisotopic (exact) mass is 760 g/mol. The van der Waals surface area contributed by atoms with Crippen LogP contribution in [0.2, 0.25) is 0 Å². The Morgan fingerprint density at radius 2 is 1.00 bits per heavy atom. The van der Waals surface area contributed by atoms with E-state index in [9.17, 15) is 14.7 Å². The molecule has 0 bridgehead atoms. The third-order valence-corrected chi connectivity index (χ3v) is 11.2. The maximum Gasteiger partial charge on any atom is 0.231 e. The second-order valence-electron chi connectivity index (χ2n) is 14.5. The van der Waals surface area contributed by atoms with E-state index in [2.05, 4.69) is 24.3 Å². The van der Waals surface area contributed by atoms with Crippen molar-refractivity contribution in [3.8, 4) is 0 Å². The molecule has 3 aromatic rings. The zero-order valence-corrected chi connectivity index (χ0v) is 32.9. The number of carbonyl (C=O) groups is 2. The number of β-lactam (4-membered cyclic amide) rings is 2. The van der Waals surface area contributed by atoms with E-state index in [1.165, 1.54) is 0 Å². The molecule has 4 aliphatic heterocycles. The molecule has 2 amide bonds. The number of carbonyl (C=O) groups excluding carboxylic acids is 2. The Hall–Kier alpha value is -3.68. The first-order valence-electron chi connectivity index (χ1n) is 19.7. The minimum absolute atomic E-state index is 0.0336. The summed E-state index contributed by atoms with van der Waals surface area (Å²) in [5, 5.41) is 16.7. The van der Waals surface area contributed by atoms with Gasteiger partial charge in [-0.05, 0) is 57.2 Å². The number of aliphatic hydroxyl groups is 2. The third kappa shape index (κ3) is 10.0. The molecule has 0 radical (unpaired) electrons. The van der Waals surface area contributed by atoms with Crippen LogP contribution in [0.4, 0.5) is 0 Å². The lowest BCUT2D eigenvalue weighted by Gasteiger charge is -2.47. The summed E-state index contributed by atoms with van der Waals surface area (Å²) in [5.74, 6) is 0.0714. The first-order valence-corrected chi connectivity index (χ1v) is 19.7. The largest absolute Gasteiger partial charge is 0.400 e. The lowest BCUT2D eigenvalue weighted by molar-refractivity contribution is -0.169. The van der Waals surface area contributed by atoms with Crippen LogP contribution in [-0.4, -0.2) is 114 Å². The van der Waals surface area contributed by atoms with Crippen LogP contribution in [0, 0.1) is 11.8 Å². The van der Waals surface area contributed by atoms with Gasteiger partial charge in [0.15, 0.2) is 0 Å². The molecule has 0 aromatic heterocycles. The van der Waals surface area contributed by atoms with Gasteiger partial charge in [-0.1, -0.05) is 91.0 Å². The lowest BCUT2D eigenvalue weighted by Crippen LogP contribution is -2.64. The first-order chi connectivity index (χ1) is 26.9. The molecule has 11 heteroatoms. The predicted octanol–water partition coefficient (Wildman–Crippen LogP) is 5.01. The van der Waals surface area contributed by atoms with Crippen molar-refractivity contribution in [2.24, 2.45) is 11.8 Å². The van der Waals surface area contributed by atoms with E-state index in [-0.39, 0.29) is 78.8 Å². The molecule has 11 nitrogen and oxygen atoms in total. The number of hydrogen-bond acceptors (Lipinski definition) is 9. The van der Waals surface area contributed by atoms with E-state index in [1.54, 1.807) is 4.90 Å². The van der Waals surface area contributed by atoms with Crippen molar-refractivity contribution >= 4 is 11.8 Å². The summed E-state index contributed by atoms with van der Waals surface area (Å²) in [4.78, 5) is 29.2. The zero-order valence-electron chi connectivity index (χ0n) is 32.9. The van der Waals surface area contributed by atoms with Crippen molar-refractivity contribution in [3.63, 3.8) is 0 Å². The van der Waals surface area contributed by atoms with Crippen molar-refractivity contribution in [1.82, 2.24) is 9.80 Å². The summed E-state index contributed by atoms with van der Waals surface area (Å²) in [6.07, 6.45) is 1.30. The average molecular weight is 761 g/mol. The van der Waals surface area contributed by atoms with Crippen LogP contribution < -0.4 is 0 Å². The molecule has 0 saturated carbocycles. The van der Waals surface area contributed by atoms with Gasteiger partial charge in [-0.3, -0.25) is 9.59 Å². The van der Waals surface area contributed by atoms with Crippen LogP contribution in [0.5, 0.6) is 0 Å². The molecule has 7 rings (SSSR count). The van der Waals surface area contributed by atoms with E-state index in [0.717, 1.165) is 36.6 Å². The van der Waals surface area contributed by atoms with Crippen molar-refractivity contribution in [1.29, 1.82) is 0 Å². The summed E-state index contributed by atoms with van der Waals surface area (Å²) < 4.78 is 29.7. The van der Waals surface area contributed by atoms with Gasteiger partial charge in [0.25, 0.3) is 0 Å². The van der Waals surface area contributed by atoms with Gasteiger partial charge in [0, 0.05) is 32.4 Å². The Morgan fingerprint density at radius 1 is 0.618 bits per heavy atom. The van der Waals surface area contributed by atoms with Crippen LogP contribution in [-0.2, 0) is 53.1 Å². The van der Waals surface area contributed by atoms with E-state index in [0.29, 0.717) is 39.6 Å². The molecular formula is C44H60N2O9. The highest BCUT2D eigenvalue weighted by atomic mass is 16.5. The van der Waals surface area contributed by atoms with Gasteiger partial charge in [0.05, 0.1) is 81.4 Å². The van der Waals surface area contributed by atoms with Gasteiger partial charge in [-0.15, -0.1) is 0 Å². The van der Waals surface area contributed by atoms with Crippen LogP contribution in [0.3, 0.4) is 0 Å². The fourth-order valence-corrected chi connectivity index (χ4v) is 8.61. The molecule has 55 heavy (non-hydrogen) atoms. The van der Waals surface area contributed by atoms with E-state index in [4.69, 9.17) is 28.8 Å². The second-order valence-corrected chi connectivity index (χ2v) is 14.5. The molecule has 2 unspecified atom stereocenters. The Kier molecular flexibility index (Phi) is 16.2. The molecular weight excluding hydrogens is 700 g/mol. The Balaban J connectivity index is 0.000000208. The Bertz CT molecular complexity index is 1580. The highest BCUT2D eigenvalue weighted by molar-refractivity contribution is 5.88. The summed E-state index contributed by atoms with van der Waals surface area (Å²) in [7, 11) is 1.00. The Labute approximate surface area is 326 Å². The van der Waals surface area contributed by atoms with Crippen molar-refractivity contribution in [2.45, 2.75) is 109 Å². The minimum Gasteiger partial charge on any atom is -0.400 e. The van der Waals surface area contributed by atoms with Crippen molar-refractivity contribution in [3.05, 3.63) is 108 Å². The van der Waals surface area contributed by atoms with E-state index < -0.39 is 0 Å². The molecule has 0 aliphatic carbocycles. The topological polar surface area (TPSA) is 127 Å². The minimum atomic E-state index is -0.235. The maximum atomic E-state index is 13.0. The summed E-state index contributed by atoms with van der Waals surface area (Å²) >= 11 is 0. The number of hydrogen-bond donors (Lipinski definition) is 2. The van der Waals surface area contributed by atoms with Crippen LogP contribution in [0.25, 0.3) is 0 Å². The van der Waals surface area contributed by atoms with E-state index in [1.807, 2.05) is 99.3 Å². The predicted molar refractivity (Wildman–Crippen MR) is 209 cm³/mol. The van der Waals surface area contributed by atoms with Gasteiger partial charge in [-0.2, -0.15) is 0 Å². The number of benzene rings is 3.